The van der Waals surface area contributed by atoms with E-state index >= 15 is 0 Å². The number of sulfone groups is 1. The van der Waals surface area contributed by atoms with E-state index in [-0.39, 0.29) is 11.0 Å². The van der Waals surface area contributed by atoms with Gasteiger partial charge in [0.1, 0.15) is 10.0 Å². The van der Waals surface area contributed by atoms with Crippen molar-refractivity contribution in [3.63, 3.8) is 0 Å². The number of aryl methyl sites for hydroxylation is 2. The fourth-order valence-electron chi connectivity index (χ4n) is 2.50. The third-order valence-corrected chi connectivity index (χ3v) is 7.43. The van der Waals surface area contributed by atoms with Gasteiger partial charge in [0, 0.05) is 12.0 Å². The SMILES string of the molecule is CC(C)S(=O)(=O)Cc1ccc(CCc2nnc(-c3ccccc3)s2)cc1. The predicted molar refractivity (Wildman–Crippen MR) is 107 cm³/mol. The van der Waals surface area contributed by atoms with Gasteiger partial charge >= 0.3 is 0 Å². The molecule has 0 aliphatic heterocycles. The fourth-order valence-corrected chi connectivity index (χ4v) is 4.34. The van der Waals surface area contributed by atoms with Crippen LogP contribution in [-0.4, -0.2) is 23.9 Å². The number of aromatic nitrogens is 2. The van der Waals surface area contributed by atoms with Gasteiger partial charge in [-0.1, -0.05) is 65.9 Å². The Morgan fingerprint density at radius 3 is 2.19 bits per heavy atom. The predicted octanol–water partition coefficient (Wildman–Crippen LogP) is 4.31. The molecule has 3 aromatic rings. The second-order valence-corrected chi connectivity index (χ2v) is 10.2. The summed E-state index contributed by atoms with van der Waals surface area (Å²) in [6.45, 7) is 3.44. The molecule has 4 nitrogen and oxygen atoms in total. The first-order valence-corrected chi connectivity index (χ1v) is 11.1. The second kappa shape index (κ2) is 8.10. The van der Waals surface area contributed by atoms with Crippen molar-refractivity contribution in [1.29, 1.82) is 0 Å². The van der Waals surface area contributed by atoms with Gasteiger partial charge in [0.15, 0.2) is 9.84 Å². The van der Waals surface area contributed by atoms with Crippen LogP contribution in [0.4, 0.5) is 0 Å². The van der Waals surface area contributed by atoms with Crippen LogP contribution in [0.25, 0.3) is 10.6 Å². The monoisotopic (exact) mass is 386 g/mol. The molecule has 0 bridgehead atoms. The number of nitrogens with zero attached hydrogens (tertiary/aromatic N) is 2. The van der Waals surface area contributed by atoms with Crippen LogP contribution in [0.1, 0.15) is 30.0 Å². The summed E-state index contributed by atoms with van der Waals surface area (Å²) in [6, 6.07) is 17.9. The molecule has 26 heavy (non-hydrogen) atoms. The van der Waals surface area contributed by atoms with E-state index in [1.807, 2.05) is 54.6 Å². The first kappa shape index (κ1) is 18.7. The average molecular weight is 387 g/mol. The highest BCUT2D eigenvalue weighted by molar-refractivity contribution is 7.91. The van der Waals surface area contributed by atoms with Crippen LogP contribution < -0.4 is 0 Å². The molecule has 1 aromatic heterocycles. The largest absolute Gasteiger partial charge is 0.228 e. The van der Waals surface area contributed by atoms with Crippen molar-refractivity contribution in [3.05, 3.63) is 70.7 Å². The number of hydrogen-bond acceptors (Lipinski definition) is 5. The van der Waals surface area contributed by atoms with Crippen molar-refractivity contribution in [2.75, 3.05) is 0 Å². The van der Waals surface area contributed by atoms with Crippen molar-refractivity contribution in [2.24, 2.45) is 0 Å². The Labute approximate surface area is 158 Å². The normalized spacial score (nSPS) is 11.8. The van der Waals surface area contributed by atoms with Gasteiger partial charge in [-0.05, 0) is 31.4 Å². The van der Waals surface area contributed by atoms with E-state index in [4.69, 9.17) is 0 Å². The van der Waals surface area contributed by atoms with Gasteiger partial charge in [-0.3, -0.25) is 0 Å². The lowest BCUT2D eigenvalue weighted by atomic mass is 10.1. The zero-order chi connectivity index (χ0) is 18.6. The molecule has 6 heteroatoms. The van der Waals surface area contributed by atoms with E-state index < -0.39 is 9.84 Å². The number of hydrogen-bond donors (Lipinski definition) is 0. The maximum Gasteiger partial charge on any atom is 0.156 e. The Hall–Kier alpha value is -2.05. The Kier molecular flexibility index (Phi) is 5.84. The maximum absolute atomic E-state index is 12.0. The minimum Gasteiger partial charge on any atom is -0.228 e. The highest BCUT2D eigenvalue weighted by atomic mass is 32.2. The quantitative estimate of drug-likeness (QED) is 0.607. The summed E-state index contributed by atoms with van der Waals surface area (Å²) in [7, 11) is -3.06. The summed E-state index contributed by atoms with van der Waals surface area (Å²) in [5.74, 6) is 0.0990. The molecular formula is C20H22N2O2S2. The summed E-state index contributed by atoms with van der Waals surface area (Å²) in [6.07, 6.45) is 1.69. The molecule has 0 saturated carbocycles. The van der Waals surface area contributed by atoms with Crippen LogP contribution in [0.2, 0.25) is 0 Å². The van der Waals surface area contributed by atoms with Gasteiger partial charge in [0.25, 0.3) is 0 Å². The van der Waals surface area contributed by atoms with Gasteiger partial charge in [-0.2, -0.15) is 0 Å². The van der Waals surface area contributed by atoms with Crippen LogP contribution in [0, 0.1) is 0 Å². The molecule has 0 amide bonds. The fraction of sp³-hybridized carbons (Fsp3) is 0.300. The van der Waals surface area contributed by atoms with Gasteiger partial charge < -0.3 is 0 Å². The van der Waals surface area contributed by atoms with Crippen molar-refractivity contribution < 1.29 is 8.42 Å². The van der Waals surface area contributed by atoms with Crippen molar-refractivity contribution in [3.8, 4) is 10.6 Å². The number of benzene rings is 2. The summed E-state index contributed by atoms with van der Waals surface area (Å²) in [5.41, 5.74) is 3.10. The standard InChI is InChI=1S/C20H22N2O2S2/c1-15(2)26(23,24)14-17-10-8-16(9-11-17)12-13-19-21-22-20(25-19)18-6-4-3-5-7-18/h3-11,15H,12-14H2,1-2H3. The molecule has 0 spiro atoms. The molecule has 3 rings (SSSR count). The summed E-state index contributed by atoms with van der Waals surface area (Å²) in [5, 5.41) is 10.2. The average Bonchev–Trinajstić information content (AvgIpc) is 3.10. The van der Waals surface area contributed by atoms with Crippen LogP contribution in [0.3, 0.4) is 0 Å². The molecule has 0 N–H and O–H groups in total. The first-order chi connectivity index (χ1) is 12.4. The molecule has 136 valence electrons. The van der Waals surface area contributed by atoms with Crippen molar-refractivity contribution in [2.45, 2.75) is 37.7 Å². The molecule has 0 fully saturated rings. The van der Waals surface area contributed by atoms with E-state index in [0.717, 1.165) is 34.0 Å². The Balaban J connectivity index is 1.60. The van der Waals surface area contributed by atoms with Crippen LogP contribution >= 0.6 is 11.3 Å². The minimum atomic E-state index is -3.06. The molecule has 0 aliphatic rings. The maximum atomic E-state index is 12.0. The third-order valence-electron chi connectivity index (χ3n) is 4.22. The zero-order valence-electron chi connectivity index (χ0n) is 14.9. The van der Waals surface area contributed by atoms with E-state index in [0.29, 0.717) is 0 Å². The second-order valence-electron chi connectivity index (χ2n) is 6.54. The third kappa shape index (κ3) is 4.77. The van der Waals surface area contributed by atoms with Gasteiger partial charge in [-0.15, -0.1) is 10.2 Å². The van der Waals surface area contributed by atoms with Gasteiger partial charge in [0.2, 0.25) is 0 Å². The summed E-state index contributed by atoms with van der Waals surface area (Å²) >= 11 is 1.62. The zero-order valence-corrected chi connectivity index (χ0v) is 16.6. The Morgan fingerprint density at radius 1 is 0.885 bits per heavy atom. The van der Waals surface area contributed by atoms with Crippen LogP contribution in [-0.2, 0) is 28.4 Å². The van der Waals surface area contributed by atoms with E-state index in [2.05, 4.69) is 10.2 Å². The van der Waals surface area contributed by atoms with Crippen molar-refractivity contribution in [1.82, 2.24) is 10.2 Å². The van der Waals surface area contributed by atoms with Crippen molar-refractivity contribution >= 4 is 21.2 Å². The Bertz CT molecular complexity index is 947. The molecule has 0 atom stereocenters. The molecule has 0 aliphatic carbocycles. The minimum absolute atomic E-state index is 0.0990. The molecule has 2 aromatic carbocycles. The topological polar surface area (TPSA) is 59.9 Å². The molecular weight excluding hydrogens is 364 g/mol. The lowest BCUT2D eigenvalue weighted by Crippen LogP contribution is -2.15. The summed E-state index contributed by atoms with van der Waals surface area (Å²) in [4.78, 5) is 0. The van der Waals surface area contributed by atoms with E-state index in [1.165, 1.54) is 5.56 Å². The molecule has 0 unspecified atom stereocenters. The molecule has 0 saturated heterocycles. The van der Waals surface area contributed by atoms with Gasteiger partial charge in [0.05, 0.1) is 11.0 Å². The van der Waals surface area contributed by atoms with Crippen LogP contribution in [0.5, 0.6) is 0 Å². The molecule has 0 radical (unpaired) electrons. The lowest BCUT2D eigenvalue weighted by molar-refractivity contribution is 0.586. The lowest BCUT2D eigenvalue weighted by Gasteiger charge is -2.08. The number of rotatable bonds is 7. The molecule has 1 heterocycles. The Morgan fingerprint density at radius 2 is 1.54 bits per heavy atom. The van der Waals surface area contributed by atoms with E-state index in [1.54, 1.807) is 25.2 Å². The highest BCUT2D eigenvalue weighted by Crippen LogP contribution is 2.24. The highest BCUT2D eigenvalue weighted by Gasteiger charge is 2.16. The summed E-state index contributed by atoms with van der Waals surface area (Å²) < 4.78 is 24.0. The van der Waals surface area contributed by atoms with E-state index in [9.17, 15) is 8.42 Å². The first-order valence-electron chi connectivity index (χ1n) is 8.61. The van der Waals surface area contributed by atoms with Crippen LogP contribution in [0.15, 0.2) is 54.6 Å². The van der Waals surface area contributed by atoms with Gasteiger partial charge in [-0.25, -0.2) is 8.42 Å². The smallest absolute Gasteiger partial charge is 0.156 e.